The molecule has 24 heavy (non-hydrogen) atoms. The van der Waals surface area contributed by atoms with Crippen molar-refractivity contribution in [1.82, 2.24) is 15.1 Å². The molecule has 2 aliphatic rings. The SMILES string of the molecule is O=C(C1CC(C(F)(F)F)CO1)N1CCN(c2ccc(=O)[nH]n2)CC1. The van der Waals surface area contributed by atoms with Gasteiger partial charge in [-0.2, -0.15) is 18.3 Å². The second kappa shape index (κ2) is 6.42. The summed E-state index contributed by atoms with van der Waals surface area (Å²) in [7, 11) is 0. The van der Waals surface area contributed by atoms with Gasteiger partial charge in [0.15, 0.2) is 0 Å². The lowest BCUT2D eigenvalue weighted by atomic mass is 10.0. The standard InChI is InChI=1S/C14H17F3N4O3/c15-14(16,17)9-7-10(24-8-9)13(23)21-5-3-20(4-6-21)11-1-2-12(22)19-18-11/h1-2,9-10H,3-8H2,(H,19,22). The molecular weight excluding hydrogens is 329 g/mol. The Morgan fingerprint density at radius 1 is 1.25 bits per heavy atom. The van der Waals surface area contributed by atoms with E-state index < -0.39 is 30.7 Å². The number of nitrogens with zero attached hydrogens (tertiary/aromatic N) is 3. The molecule has 1 aromatic rings. The van der Waals surface area contributed by atoms with Gasteiger partial charge in [0.1, 0.15) is 11.9 Å². The molecule has 7 nitrogen and oxygen atoms in total. The molecule has 0 aliphatic carbocycles. The zero-order chi connectivity index (χ0) is 17.3. The highest BCUT2D eigenvalue weighted by atomic mass is 19.4. The Morgan fingerprint density at radius 3 is 2.50 bits per heavy atom. The lowest BCUT2D eigenvalue weighted by Gasteiger charge is -2.36. The Balaban J connectivity index is 1.54. The van der Waals surface area contributed by atoms with E-state index in [0.717, 1.165) is 0 Å². The Kier molecular flexibility index (Phi) is 4.48. The van der Waals surface area contributed by atoms with E-state index in [1.165, 1.54) is 11.0 Å². The largest absolute Gasteiger partial charge is 0.394 e. The first kappa shape index (κ1) is 16.7. The average Bonchev–Trinajstić information content (AvgIpc) is 3.05. The van der Waals surface area contributed by atoms with E-state index in [-0.39, 0.29) is 12.0 Å². The minimum atomic E-state index is -4.33. The zero-order valence-corrected chi connectivity index (χ0v) is 12.8. The molecule has 2 atom stereocenters. The Hall–Kier alpha value is -2.10. The van der Waals surface area contributed by atoms with Gasteiger partial charge in [0.05, 0.1) is 12.5 Å². The molecular formula is C14H17F3N4O3. The van der Waals surface area contributed by atoms with Gasteiger partial charge >= 0.3 is 6.18 Å². The van der Waals surface area contributed by atoms with E-state index in [0.29, 0.717) is 32.0 Å². The molecule has 0 saturated carbocycles. The number of carbonyl (C=O) groups is 1. The highest BCUT2D eigenvalue weighted by Gasteiger charge is 2.47. The fourth-order valence-electron chi connectivity index (χ4n) is 2.90. The van der Waals surface area contributed by atoms with Crippen molar-refractivity contribution >= 4 is 11.7 Å². The summed E-state index contributed by atoms with van der Waals surface area (Å²) in [5.74, 6) is -1.37. The minimum Gasteiger partial charge on any atom is -0.368 e. The molecule has 3 rings (SSSR count). The van der Waals surface area contributed by atoms with Crippen molar-refractivity contribution < 1.29 is 22.7 Å². The van der Waals surface area contributed by atoms with Crippen LogP contribution in [0.2, 0.25) is 0 Å². The van der Waals surface area contributed by atoms with Crippen LogP contribution in [0.15, 0.2) is 16.9 Å². The molecule has 0 spiro atoms. The summed E-state index contributed by atoms with van der Waals surface area (Å²) in [6.07, 6.45) is -5.66. The number of halogens is 3. The van der Waals surface area contributed by atoms with E-state index in [4.69, 9.17) is 4.74 Å². The summed E-state index contributed by atoms with van der Waals surface area (Å²) in [4.78, 5) is 26.7. The second-order valence-electron chi connectivity index (χ2n) is 5.89. The Morgan fingerprint density at radius 2 is 1.96 bits per heavy atom. The fourth-order valence-corrected chi connectivity index (χ4v) is 2.90. The molecule has 0 aromatic carbocycles. The molecule has 2 saturated heterocycles. The highest BCUT2D eigenvalue weighted by Crippen LogP contribution is 2.35. The summed E-state index contributed by atoms with van der Waals surface area (Å²) in [5, 5.41) is 6.26. The topological polar surface area (TPSA) is 78.5 Å². The first-order chi connectivity index (χ1) is 11.3. The van der Waals surface area contributed by atoms with Crippen LogP contribution in [-0.4, -0.2) is 66.1 Å². The molecule has 1 amide bonds. The maximum Gasteiger partial charge on any atom is 0.394 e. The van der Waals surface area contributed by atoms with Crippen molar-refractivity contribution in [3.8, 4) is 0 Å². The molecule has 10 heteroatoms. The number of rotatable bonds is 2. The zero-order valence-electron chi connectivity index (χ0n) is 12.8. The summed E-state index contributed by atoms with van der Waals surface area (Å²) >= 11 is 0. The number of hydrogen-bond donors (Lipinski definition) is 1. The molecule has 1 aromatic heterocycles. The van der Waals surface area contributed by atoms with Crippen molar-refractivity contribution in [2.45, 2.75) is 18.7 Å². The molecule has 1 N–H and O–H groups in total. The van der Waals surface area contributed by atoms with Gasteiger partial charge in [0.25, 0.3) is 11.5 Å². The molecule has 3 heterocycles. The number of piperazine rings is 1. The number of aromatic amines is 1. The number of nitrogens with one attached hydrogen (secondary N) is 1. The van der Waals surface area contributed by atoms with Gasteiger partial charge in [-0.05, 0) is 12.5 Å². The molecule has 0 radical (unpaired) electrons. The van der Waals surface area contributed by atoms with Gasteiger partial charge in [-0.3, -0.25) is 9.59 Å². The van der Waals surface area contributed by atoms with Crippen molar-refractivity contribution in [3.05, 3.63) is 22.5 Å². The van der Waals surface area contributed by atoms with Crippen molar-refractivity contribution in [1.29, 1.82) is 0 Å². The smallest absolute Gasteiger partial charge is 0.368 e. The van der Waals surface area contributed by atoms with Crippen LogP contribution in [0, 0.1) is 5.92 Å². The number of H-pyrrole nitrogens is 1. The van der Waals surface area contributed by atoms with Gasteiger partial charge < -0.3 is 14.5 Å². The van der Waals surface area contributed by atoms with Crippen LogP contribution in [-0.2, 0) is 9.53 Å². The van der Waals surface area contributed by atoms with E-state index in [2.05, 4.69) is 10.2 Å². The Bertz CT molecular complexity index is 635. The van der Waals surface area contributed by atoms with Gasteiger partial charge in [-0.15, -0.1) is 0 Å². The normalized spacial score (nSPS) is 25.1. The van der Waals surface area contributed by atoms with E-state index in [9.17, 15) is 22.8 Å². The third kappa shape index (κ3) is 3.53. The summed E-state index contributed by atoms with van der Waals surface area (Å²) < 4.78 is 43.0. The van der Waals surface area contributed by atoms with Crippen LogP contribution < -0.4 is 10.5 Å². The minimum absolute atomic E-state index is 0.301. The van der Waals surface area contributed by atoms with Crippen molar-refractivity contribution in [2.75, 3.05) is 37.7 Å². The number of hydrogen-bond acceptors (Lipinski definition) is 5. The van der Waals surface area contributed by atoms with Crippen LogP contribution in [0.3, 0.4) is 0 Å². The average molecular weight is 346 g/mol. The number of carbonyl (C=O) groups excluding carboxylic acids is 1. The lowest BCUT2D eigenvalue weighted by molar-refractivity contribution is -0.173. The Labute approximate surface area is 135 Å². The molecule has 2 unspecified atom stereocenters. The maximum absolute atomic E-state index is 12.7. The van der Waals surface area contributed by atoms with Gasteiger partial charge in [-0.25, -0.2) is 5.10 Å². The first-order valence-corrected chi connectivity index (χ1v) is 7.62. The van der Waals surface area contributed by atoms with Crippen molar-refractivity contribution in [3.63, 3.8) is 0 Å². The number of alkyl halides is 3. The number of aromatic nitrogens is 2. The number of ether oxygens (including phenoxy) is 1. The quantitative estimate of drug-likeness (QED) is 0.838. The van der Waals surface area contributed by atoms with E-state index in [1.807, 2.05) is 4.90 Å². The third-order valence-corrected chi connectivity index (χ3v) is 4.32. The van der Waals surface area contributed by atoms with Crippen LogP contribution in [0.5, 0.6) is 0 Å². The molecule has 0 bridgehead atoms. The van der Waals surface area contributed by atoms with Crippen LogP contribution in [0.25, 0.3) is 0 Å². The summed E-state index contributed by atoms with van der Waals surface area (Å²) in [5.41, 5.74) is -0.301. The molecule has 2 aliphatic heterocycles. The van der Waals surface area contributed by atoms with Gasteiger partial charge in [0.2, 0.25) is 0 Å². The predicted octanol–water partition coefficient (Wildman–Crippen LogP) is 0.386. The lowest BCUT2D eigenvalue weighted by Crippen LogP contribution is -2.51. The number of amides is 1. The second-order valence-corrected chi connectivity index (χ2v) is 5.89. The third-order valence-electron chi connectivity index (χ3n) is 4.32. The fraction of sp³-hybridized carbons (Fsp3) is 0.643. The van der Waals surface area contributed by atoms with Crippen molar-refractivity contribution in [2.24, 2.45) is 5.92 Å². The number of anilines is 1. The molecule has 132 valence electrons. The predicted molar refractivity (Wildman–Crippen MR) is 77.6 cm³/mol. The van der Waals surface area contributed by atoms with Gasteiger partial charge in [-0.1, -0.05) is 0 Å². The monoisotopic (exact) mass is 346 g/mol. The maximum atomic E-state index is 12.7. The molecule has 2 fully saturated rings. The van der Waals surface area contributed by atoms with E-state index >= 15 is 0 Å². The van der Waals surface area contributed by atoms with E-state index in [1.54, 1.807) is 6.07 Å². The van der Waals surface area contributed by atoms with Gasteiger partial charge in [0, 0.05) is 32.2 Å². The van der Waals surface area contributed by atoms with Crippen LogP contribution in [0.4, 0.5) is 19.0 Å². The van der Waals surface area contributed by atoms with Crippen LogP contribution in [0.1, 0.15) is 6.42 Å². The summed E-state index contributed by atoms with van der Waals surface area (Å²) in [6, 6.07) is 2.95. The summed E-state index contributed by atoms with van der Waals surface area (Å²) in [6.45, 7) is 1.26. The first-order valence-electron chi connectivity index (χ1n) is 7.62. The highest BCUT2D eigenvalue weighted by molar-refractivity contribution is 5.81. The van der Waals surface area contributed by atoms with Crippen LogP contribution >= 0.6 is 0 Å².